The first-order chi connectivity index (χ1) is 13.6. The van der Waals surface area contributed by atoms with E-state index in [4.69, 9.17) is 10.5 Å². The number of pyridine rings is 1. The summed E-state index contributed by atoms with van der Waals surface area (Å²) in [4.78, 5) is 4.48. The molecule has 3 aromatic rings. The van der Waals surface area contributed by atoms with Crippen molar-refractivity contribution in [3.8, 4) is 34.2 Å². The summed E-state index contributed by atoms with van der Waals surface area (Å²) in [6.45, 7) is 4.63. The molecule has 0 saturated heterocycles. The number of nitrogens with two attached hydrogens (primary N) is 1. The number of hydrogen-bond donors (Lipinski definition) is 1. The molecule has 0 amide bonds. The van der Waals surface area contributed by atoms with Crippen molar-refractivity contribution in [2.45, 2.75) is 26.7 Å². The topological polar surface area (TPSA) is 71.9 Å². The number of nitriles is 1. The second-order valence-corrected chi connectivity index (χ2v) is 7.36. The lowest BCUT2D eigenvalue weighted by molar-refractivity contribution is 0.341. The number of aromatic nitrogens is 1. The number of ether oxygens (including phenoxy) is 1. The molecule has 28 heavy (non-hydrogen) atoms. The minimum atomic E-state index is 0.218. The van der Waals surface area contributed by atoms with E-state index in [9.17, 15) is 5.26 Å². The third kappa shape index (κ3) is 4.18. The Kier molecular flexibility index (Phi) is 6.33. The van der Waals surface area contributed by atoms with Crippen LogP contribution in [0.2, 0.25) is 0 Å². The highest BCUT2D eigenvalue weighted by atomic mass is 79.9. The van der Waals surface area contributed by atoms with Gasteiger partial charge >= 0.3 is 0 Å². The van der Waals surface area contributed by atoms with Gasteiger partial charge in [-0.2, -0.15) is 5.26 Å². The van der Waals surface area contributed by atoms with Crippen molar-refractivity contribution < 1.29 is 4.74 Å². The van der Waals surface area contributed by atoms with Gasteiger partial charge in [-0.15, -0.1) is 0 Å². The van der Waals surface area contributed by atoms with Crippen molar-refractivity contribution in [3.05, 3.63) is 64.1 Å². The maximum Gasteiger partial charge on any atom is 0.142 e. The van der Waals surface area contributed by atoms with Crippen molar-refractivity contribution in [2.75, 3.05) is 12.3 Å². The number of aryl methyl sites for hydroxylation is 1. The van der Waals surface area contributed by atoms with Crippen molar-refractivity contribution >= 4 is 21.7 Å². The molecule has 0 radical (unpaired) electrons. The van der Waals surface area contributed by atoms with Gasteiger partial charge in [-0.25, -0.2) is 4.98 Å². The third-order valence-corrected chi connectivity index (χ3v) is 4.97. The standard InChI is InChI=1S/C23H22BrN3O/c1-3-5-15-6-8-16(9-7-15)21-13-18(20(14-25)23(26)27-21)19-12-17(24)10-11-22(19)28-4-2/h6-13H,3-5H2,1-2H3,(H2,26,27). The molecule has 2 aromatic carbocycles. The number of benzene rings is 2. The molecule has 0 saturated carbocycles. The highest BCUT2D eigenvalue weighted by Crippen LogP contribution is 2.38. The Morgan fingerprint density at radius 1 is 1.07 bits per heavy atom. The minimum Gasteiger partial charge on any atom is -0.493 e. The van der Waals surface area contributed by atoms with Crippen molar-refractivity contribution in [3.63, 3.8) is 0 Å². The Labute approximate surface area is 174 Å². The van der Waals surface area contributed by atoms with Gasteiger partial charge in [-0.05, 0) is 43.2 Å². The molecule has 4 nitrogen and oxygen atoms in total. The van der Waals surface area contributed by atoms with E-state index in [0.29, 0.717) is 23.5 Å². The lowest BCUT2D eigenvalue weighted by atomic mass is 9.97. The Balaban J connectivity index is 2.17. The summed E-state index contributed by atoms with van der Waals surface area (Å²) in [5, 5.41) is 9.69. The second-order valence-electron chi connectivity index (χ2n) is 6.45. The number of nitrogen functional groups attached to an aromatic ring is 1. The maximum absolute atomic E-state index is 9.69. The van der Waals surface area contributed by atoms with Gasteiger partial charge in [0.25, 0.3) is 0 Å². The summed E-state index contributed by atoms with van der Waals surface area (Å²) in [5.41, 5.74) is 11.0. The van der Waals surface area contributed by atoms with E-state index in [1.54, 1.807) is 0 Å². The lowest BCUT2D eigenvalue weighted by Crippen LogP contribution is -2.01. The molecule has 0 spiro atoms. The molecule has 0 aliphatic heterocycles. The molecule has 1 aromatic heterocycles. The van der Waals surface area contributed by atoms with E-state index < -0.39 is 0 Å². The van der Waals surface area contributed by atoms with Crippen molar-refractivity contribution in [2.24, 2.45) is 0 Å². The molecule has 3 rings (SSSR count). The van der Waals surface area contributed by atoms with Crippen LogP contribution in [0, 0.1) is 11.3 Å². The van der Waals surface area contributed by atoms with Crippen LogP contribution >= 0.6 is 15.9 Å². The molecular formula is C23H22BrN3O. The SMILES string of the molecule is CCCc1ccc(-c2cc(-c3cc(Br)ccc3OCC)c(C#N)c(N)n2)cc1. The Morgan fingerprint density at radius 3 is 2.46 bits per heavy atom. The Morgan fingerprint density at radius 2 is 1.82 bits per heavy atom. The largest absolute Gasteiger partial charge is 0.493 e. The van der Waals surface area contributed by atoms with Crippen LogP contribution in [0.25, 0.3) is 22.4 Å². The lowest BCUT2D eigenvalue weighted by Gasteiger charge is -2.15. The zero-order valence-corrected chi connectivity index (χ0v) is 17.6. The van der Waals surface area contributed by atoms with Gasteiger partial charge in [-0.1, -0.05) is 53.5 Å². The van der Waals surface area contributed by atoms with Crippen LogP contribution in [0.1, 0.15) is 31.4 Å². The van der Waals surface area contributed by atoms with E-state index >= 15 is 0 Å². The predicted molar refractivity (Wildman–Crippen MR) is 117 cm³/mol. The molecule has 0 bridgehead atoms. The fourth-order valence-electron chi connectivity index (χ4n) is 3.17. The van der Waals surface area contributed by atoms with Gasteiger partial charge in [0.05, 0.1) is 12.3 Å². The second kappa shape index (κ2) is 8.90. The number of rotatable bonds is 6. The van der Waals surface area contributed by atoms with E-state index in [1.807, 2.05) is 43.3 Å². The highest BCUT2D eigenvalue weighted by molar-refractivity contribution is 9.10. The van der Waals surface area contributed by atoms with E-state index in [2.05, 4.69) is 46.0 Å². The van der Waals surface area contributed by atoms with Gasteiger partial charge in [0.2, 0.25) is 0 Å². The number of anilines is 1. The molecule has 0 fully saturated rings. The first kappa shape index (κ1) is 19.9. The predicted octanol–water partition coefficient (Wildman–Crippen LogP) is 5.98. The molecule has 1 heterocycles. The Hall–Kier alpha value is -2.84. The highest BCUT2D eigenvalue weighted by Gasteiger charge is 2.17. The molecule has 0 aliphatic carbocycles. The van der Waals surface area contributed by atoms with Crippen LogP contribution in [-0.2, 0) is 6.42 Å². The average molecular weight is 436 g/mol. The summed E-state index contributed by atoms with van der Waals surface area (Å²) >= 11 is 3.51. The molecule has 0 unspecified atom stereocenters. The molecular weight excluding hydrogens is 414 g/mol. The average Bonchev–Trinajstić information content (AvgIpc) is 2.70. The van der Waals surface area contributed by atoms with Crippen molar-refractivity contribution in [1.82, 2.24) is 4.98 Å². The molecule has 142 valence electrons. The fraction of sp³-hybridized carbons (Fsp3) is 0.217. The van der Waals surface area contributed by atoms with Crippen LogP contribution in [-0.4, -0.2) is 11.6 Å². The molecule has 0 atom stereocenters. The fourth-order valence-corrected chi connectivity index (χ4v) is 3.53. The van der Waals surface area contributed by atoms with Gasteiger partial charge in [0, 0.05) is 21.2 Å². The van der Waals surface area contributed by atoms with E-state index in [1.165, 1.54) is 5.56 Å². The third-order valence-electron chi connectivity index (χ3n) is 4.48. The number of halogens is 1. The monoisotopic (exact) mass is 435 g/mol. The quantitative estimate of drug-likeness (QED) is 0.516. The number of nitrogens with zero attached hydrogens (tertiary/aromatic N) is 2. The zero-order chi connectivity index (χ0) is 20.1. The first-order valence-corrected chi connectivity index (χ1v) is 10.1. The molecule has 2 N–H and O–H groups in total. The first-order valence-electron chi connectivity index (χ1n) is 9.30. The summed E-state index contributed by atoms with van der Waals surface area (Å²) in [7, 11) is 0. The van der Waals surface area contributed by atoms with E-state index in [0.717, 1.165) is 34.1 Å². The summed E-state index contributed by atoms with van der Waals surface area (Å²) < 4.78 is 6.68. The van der Waals surface area contributed by atoms with E-state index in [-0.39, 0.29) is 5.82 Å². The van der Waals surface area contributed by atoms with Crippen LogP contribution in [0.15, 0.2) is 53.0 Å². The summed E-state index contributed by atoms with van der Waals surface area (Å²) in [6, 6.07) is 18.2. The summed E-state index contributed by atoms with van der Waals surface area (Å²) in [6.07, 6.45) is 2.15. The van der Waals surface area contributed by atoms with Gasteiger partial charge in [0.15, 0.2) is 0 Å². The van der Waals surface area contributed by atoms with Crippen LogP contribution in [0.5, 0.6) is 5.75 Å². The maximum atomic E-state index is 9.69. The number of hydrogen-bond acceptors (Lipinski definition) is 4. The van der Waals surface area contributed by atoms with Crippen LogP contribution < -0.4 is 10.5 Å². The molecule has 0 aliphatic rings. The normalized spacial score (nSPS) is 10.5. The summed E-state index contributed by atoms with van der Waals surface area (Å²) in [5.74, 6) is 0.923. The van der Waals surface area contributed by atoms with Gasteiger partial charge < -0.3 is 10.5 Å². The van der Waals surface area contributed by atoms with Gasteiger partial charge in [-0.3, -0.25) is 0 Å². The molecule has 5 heteroatoms. The zero-order valence-electron chi connectivity index (χ0n) is 16.0. The van der Waals surface area contributed by atoms with Crippen molar-refractivity contribution in [1.29, 1.82) is 5.26 Å². The van der Waals surface area contributed by atoms with Gasteiger partial charge in [0.1, 0.15) is 23.2 Å². The Bertz CT molecular complexity index is 1020. The smallest absolute Gasteiger partial charge is 0.142 e. The van der Waals surface area contributed by atoms with Crippen LogP contribution in [0.3, 0.4) is 0 Å². The minimum absolute atomic E-state index is 0.218. The van der Waals surface area contributed by atoms with Crippen LogP contribution in [0.4, 0.5) is 5.82 Å².